The third kappa shape index (κ3) is 3.22. The van der Waals surface area contributed by atoms with Gasteiger partial charge in [0.2, 0.25) is 5.91 Å². The number of pyridine rings is 1. The lowest BCUT2D eigenvalue weighted by atomic mass is 9.88. The molecule has 0 bridgehead atoms. The lowest BCUT2D eigenvalue weighted by Crippen LogP contribution is -2.48. The molecule has 0 unspecified atom stereocenters. The molecule has 4 atom stereocenters. The van der Waals surface area contributed by atoms with Gasteiger partial charge in [0.15, 0.2) is 6.39 Å². The Balaban J connectivity index is 1.79. The van der Waals surface area contributed by atoms with Gasteiger partial charge < -0.3 is 19.4 Å². The van der Waals surface area contributed by atoms with Crippen LogP contribution >= 0.6 is 0 Å². The molecule has 2 aliphatic heterocycles. The minimum atomic E-state index is -0.495. The van der Waals surface area contributed by atoms with E-state index in [9.17, 15) is 14.7 Å². The summed E-state index contributed by atoms with van der Waals surface area (Å²) in [6, 6.07) is 3.15. The Labute approximate surface area is 168 Å². The van der Waals surface area contributed by atoms with Crippen LogP contribution in [0.25, 0.3) is 6.08 Å². The Hall–Kier alpha value is -2.71. The number of aliphatic hydroxyl groups is 1. The smallest absolute Gasteiger partial charge is 0.258 e. The van der Waals surface area contributed by atoms with Gasteiger partial charge in [0, 0.05) is 49.3 Å². The number of rotatable bonds is 6. The summed E-state index contributed by atoms with van der Waals surface area (Å²) >= 11 is 0. The monoisotopic (exact) mass is 398 g/mol. The fraction of sp³-hybridized carbons (Fsp3) is 0.476. The standard InChI is InChI=1S/C21H26N4O4/c1-3-5-13-6-7-17-18-15(9-24(17)21(13)28)16(10-26)19(20(27)22-4-2)25(18)8-14-11-29-12-23-14/h3,5-7,11-12,15-16,18-19,26H,4,8-10H2,1-2H3,(H,22,27)/b5-3+/t15-,16-,18+,19-/m1/s1. The molecule has 0 spiro atoms. The molecule has 2 N–H and O–H groups in total. The molecule has 8 heteroatoms. The summed E-state index contributed by atoms with van der Waals surface area (Å²) in [5.74, 6) is -0.417. The second-order valence-electron chi connectivity index (χ2n) is 7.58. The van der Waals surface area contributed by atoms with Crippen LogP contribution in [0.5, 0.6) is 0 Å². The topological polar surface area (TPSA) is 101 Å². The van der Waals surface area contributed by atoms with Crippen molar-refractivity contribution < 1.29 is 14.3 Å². The first-order valence-electron chi connectivity index (χ1n) is 9.98. The minimum Gasteiger partial charge on any atom is -0.451 e. The largest absolute Gasteiger partial charge is 0.451 e. The summed E-state index contributed by atoms with van der Waals surface area (Å²) in [6.45, 7) is 5.04. The molecule has 4 rings (SSSR count). The van der Waals surface area contributed by atoms with E-state index in [1.165, 1.54) is 6.39 Å². The normalized spacial score (nSPS) is 26.0. The zero-order valence-electron chi connectivity index (χ0n) is 16.6. The van der Waals surface area contributed by atoms with E-state index in [4.69, 9.17) is 4.42 Å². The molecule has 2 aromatic heterocycles. The first-order valence-corrected chi connectivity index (χ1v) is 9.98. The third-order valence-electron chi connectivity index (χ3n) is 6.01. The van der Waals surface area contributed by atoms with E-state index < -0.39 is 6.04 Å². The van der Waals surface area contributed by atoms with E-state index >= 15 is 0 Å². The van der Waals surface area contributed by atoms with Crippen LogP contribution < -0.4 is 10.9 Å². The minimum absolute atomic E-state index is 0.0342. The van der Waals surface area contributed by atoms with Crippen molar-refractivity contribution in [1.29, 1.82) is 0 Å². The highest BCUT2D eigenvalue weighted by Crippen LogP contribution is 2.49. The maximum absolute atomic E-state index is 12.9. The number of likely N-dealkylation sites (N-methyl/N-ethyl adjacent to an activating group) is 1. The third-order valence-corrected chi connectivity index (χ3v) is 6.01. The van der Waals surface area contributed by atoms with E-state index in [0.29, 0.717) is 30.9 Å². The number of aliphatic hydroxyl groups excluding tert-OH is 1. The predicted molar refractivity (Wildman–Crippen MR) is 107 cm³/mol. The van der Waals surface area contributed by atoms with Gasteiger partial charge >= 0.3 is 0 Å². The van der Waals surface area contributed by atoms with Crippen molar-refractivity contribution in [2.24, 2.45) is 11.8 Å². The molecule has 2 aliphatic rings. The van der Waals surface area contributed by atoms with Crippen LogP contribution in [0.4, 0.5) is 0 Å². The predicted octanol–water partition coefficient (Wildman–Crippen LogP) is 1.17. The molecular weight excluding hydrogens is 372 g/mol. The van der Waals surface area contributed by atoms with E-state index in [0.717, 1.165) is 5.69 Å². The van der Waals surface area contributed by atoms with Gasteiger partial charge in [-0.05, 0) is 26.0 Å². The van der Waals surface area contributed by atoms with Gasteiger partial charge in [-0.2, -0.15) is 0 Å². The number of nitrogens with zero attached hydrogens (tertiary/aromatic N) is 3. The van der Waals surface area contributed by atoms with Crippen molar-refractivity contribution in [3.05, 3.63) is 58.2 Å². The van der Waals surface area contributed by atoms with E-state index in [-0.39, 0.29) is 36.0 Å². The number of carbonyl (C=O) groups excluding carboxylic acids is 1. The maximum atomic E-state index is 12.9. The van der Waals surface area contributed by atoms with Crippen molar-refractivity contribution in [2.45, 2.75) is 39.0 Å². The average molecular weight is 398 g/mol. The molecule has 0 aromatic carbocycles. The van der Waals surface area contributed by atoms with Crippen molar-refractivity contribution in [1.82, 2.24) is 19.8 Å². The van der Waals surface area contributed by atoms with Crippen molar-refractivity contribution in [3.8, 4) is 0 Å². The number of aromatic nitrogens is 2. The Morgan fingerprint density at radius 1 is 1.45 bits per heavy atom. The van der Waals surface area contributed by atoms with Crippen LogP contribution in [0, 0.1) is 11.8 Å². The Kier molecular flexibility index (Phi) is 5.38. The highest BCUT2D eigenvalue weighted by Gasteiger charge is 2.55. The quantitative estimate of drug-likeness (QED) is 0.758. The van der Waals surface area contributed by atoms with Gasteiger partial charge in [0.25, 0.3) is 5.56 Å². The Morgan fingerprint density at radius 2 is 2.28 bits per heavy atom. The molecular formula is C21H26N4O4. The van der Waals surface area contributed by atoms with Gasteiger partial charge in [-0.15, -0.1) is 0 Å². The summed E-state index contributed by atoms with van der Waals surface area (Å²) < 4.78 is 6.90. The summed E-state index contributed by atoms with van der Waals surface area (Å²) in [5, 5.41) is 13.1. The number of likely N-dealkylation sites (tertiary alicyclic amines) is 1. The second-order valence-corrected chi connectivity index (χ2v) is 7.58. The molecule has 29 heavy (non-hydrogen) atoms. The van der Waals surface area contributed by atoms with Crippen molar-refractivity contribution >= 4 is 12.0 Å². The fourth-order valence-corrected chi connectivity index (χ4v) is 4.89. The van der Waals surface area contributed by atoms with Crippen LogP contribution in [-0.4, -0.2) is 44.7 Å². The Morgan fingerprint density at radius 3 is 2.93 bits per heavy atom. The highest BCUT2D eigenvalue weighted by molar-refractivity contribution is 5.82. The first kappa shape index (κ1) is 19.6. The molecule has 154 valence electrons. The van der Waals surface area contributed by atoms with E-state index in [1.54, 1.807) is 16.9 Å². The van der Waals surface area contributed by atoms with Crippen LogP contribution in [0.1, 0.15) is 36.8 Å². The maximum Gasteiger partial charge on any atom is 0.258 e. The summed E-state index contributed by atoms with van der Waals surface area (Å²) in [7, 11) is 0. The lowest BCUT2D eigenvalue weighted by Gasteiger charge is -2.30. The van der Waals surface area contributed by atoms with Gasteiger partial charge in [0.05, 0.1) is 17.8 Å². The second kappa shape index (κ2) is 7.96. The van der Waals surface area contributed by atoms with Crippen molar-refractivity contribution in [2.75, 3.05) is 13.2 Å². The summed E-state index contributed by atoms with van der Waals surface area (Å²) in [4.78, 5) is 32.1. The molecule has 8 nitrogen and oxygen atoms in total. The summed E-state index contributed by atoms with van der Waals surface area (Å²) in [5.41, 5.74) is 2.19. The first-order chi connectivity index (χ1) is 14.1. The number of allylic oxidation sites excluding steroid dienone is 1. The summed E-state index contributed by atoms with van der Waals surface area (Å²) in [6.07, 6.45) is 6.58. The van der Waals surface area contributed by atoms with Gasteiger partial charge in [-0.3, -0.25) is 14.5 Å². The zero-order valence-corrected chi connectivity index (χ0v) is 16.6. The van der Waals surface area contributed by atoms with Gasteiger partial charge in [0.1, 0.15) is 6.26 Å². The molecule has 0 radical (unpaired) electrons. The van der Waals surface area contributed by atoms with Crippen LogP contribution in [0.2, 0.25) is 0 Å². The van der Waals surface area contributed by atoms with E-state index in [2.05, 4.69) is 15.2 Å². The molecule has 4 heterocycles. The fourth-order valence-electron chi connectivity index (χ4n) is 4.89. The number of fused-ring (bicyclic) bond motifs is 3. The van der Waals surface area contributed by atoms with Gasteiger partial charge in [-0.25, -0.2) is 4.98 Å². The number of hydrogen-bond acceptors (Lipinski definition) is 6. The molecule has 0 saturated carbocycles. The van der Waals surface area contributed by atoms with Crippen LogP contribution in [0.3, 0.4) is 0 Å². The van der Waals surface area contributed by atoms with Crippen LogP contribution in [0.15, 0.2) is 40.1 Å². The van der Waals surface area contributed by atoms with E-state index in [1.807, 2.05) is 32.1 Å². The number of amides is 1. The molecule has 1 saturated heterocycles. The van der Waals surface area contributed by atoms with Crippen LogP contribution in [-0.2, 0) is 17.9 Å². The molecule has 1 fully saturated rings. The zero-order chi connectivity index (χ0) is 20.5. The number of oxazole rings is 1. The lowest BCUT2D eigenvalue weighted by molar-refractivity contribution is -0.127. The number of hydrogen-bond donors (Lipinski definition) is 2. The van der Waals surface area contributed by atoms with Gasteiger partial charge in [-0.1, -0.05) is 12.2 Å². The number of carbonyl (C=O) groups is 1. The molecule has 0 aliphatic carbocycles. The SMILES string of the molecule is C/C=C/c1ccc2n(c1=O)C[C@@H]1[C@@H](CO)[C@H](C(=O)NCC)N(Cc3cocn3)[C@H]21. The highest BCUT2D eigenvalue weighted by atomic mass is 16.3. The Bertz CT molecular complexity index is 966. The average Bonchev–Trinajstić information content (AvgIpc) is 3.40. The molecule has 1 amide bonds. The molecule has 2 aromatic rings. The number of nitrogens with one attached hydrogen (secondary N) is 1. The van der Waals surface area contributed by atoms with Crippen molar-refractivity contribution in [3.63, 3.8) is 0 Å².